The maximum Gasteiger partial charge on any atom is 0.119 e. The zero-order chi connectivity index (χ0) is 15.1. The molecule has 0 radical (unpaired) electrons. The number of ether oxygens (including phenoxy) is 1. The van der Waals surface area contributed by atoms with Crippen LogP contribution in [0.5, 0.6) is 5.75 Å². The number of rotatable bonds is 8. The Hall–Kier alpha value is -1.92. The monoisotopic (exact) mass is 289 g/mol. The lowest BCUT2D eigenvalue weighted by Crippen LogP contribution is -2.30. The second-order valence-corrected chi connectivity index (χ2v) is 4.90. The molecule has 0 aliphatic rings. The number of hydrogen-bond acceptors (Lipinski definition) is 5. The Kier molecular flexibility index (Phi) is 5.71. The smallest absolute Gasteiger partial charge is 0.119 e. The molecule has 1 aromatic heterocycles. The third-order valence-corrected chi connectivity index (χ3v) is 3.21. The largest absolute Gasteiger partial charge is 0.494 e. The van der Waals surface area contributed by atoms with Crippen LogP contribution >= 0.6 is 0 Å². The van der Waals surface area contributed by atoms with E-state index in [0.29, 0.717) is 6.61 Å². The molecule has 3 N–H and O–H groups in total. The molecule has 6 heteroatoms. The van der Waals surface area contributed by atoms with E-state index in [4.69, 9.17) is 10.6 Å². The minimum atomic E-state index is -0.156. The molecule has 0 fully saturated rings. The lowest BCUT2D eigenvalue weighted by Gasteiger charge is -2.18. The summed E-state index contributed by atoms with van der Waals surface area (Å²) in [6.45, 7) is 5.72. The normalized spacial score (nSPS) is 12.3. The molecule has 1 atom stereocenters. The Morgan fingerprint density at radius 3 is 2.90 bits per heavy atom. The highest BCUT2D eigenvalue weighted by molar-refractivity contribution is 5.34. The van der Waals surface area contributed by atoms with Gasteiger partial charge in [-0.1, -0.05) is 31.2 Å². The molecule has 0 amide bonds. The molecule has 0 bridgehead atoms. The molecule has 0 saturated carbocycles. The van der Waals surface area contributed by atoms with Crippen LogP contribution in [0.25, 0.3) is 0 Å². The molecular formula is C15H23N5O. The summed E-state index contributed by atoms with van der Waals surface area (Å²) < 4.78 is 7.56. The van der Waals surface area contributed by atoms with Crippen LogP contribution in [0.3, 0.4) is 0 Å². The molecule has 2 aromatic rings. The SMILES string of the molecule is CCCOc1cccc(C(NN)c2cnnn2CCC)c1. The number of nitrogens with two attached hydrogens (primary N) is 1. The van der Waals surface area contributed by atoms with Gasteiger partial charge in [0.15, 0.2) is 0 Å². The number of hydrazine groups is 1. The van der Waals surface area contributed by atoms with Crippen molar-refractivity contribution in [2.75, 3.05) is 6.61 Å². The van der Waals surface area contributed by atoms with Crippen LogP contribution < -0.4 is 16.0 Å². The van der Waals surface area contributed by atoms with Gasteiger partial charge in [0.2, 0.25) is 0 Å². The van der Waals surface area contributed by atoms with E-state index in [9.17, 15) is 0 Å². The highest BCUT2D eigenvalue weighted by Crippen LogP contribution is 2.24. The van der Waals surface area contributed by atoms with Crippen LogP contribution in [0.15, 0.2) is 30.5 Å². The number of aryl methyl sites for hydroxylation is 1. The van der Waals surface area contributed by atoms with Crippen LogP contribution in [0.2, 0.25) is 0 Å². The van der Waals surface area contributed by atoms with Crippen LogP contribution in [0.1, 0.15) is 44.0 Å². The predicted molar refractivity (Wildman–Crippen MR) is 81.7 cm³/mol. The molecule has 2 rings (SSSR count). The van der Waals surface area contributed by atoms with Crippen LogP contribution in [-0.4, -0.2) is 21.6 Å². The van der Waals surface area contributed by atoms with Crippen molar-refractivity contribution in [1.82, 2.24) is 20.4 Å². The summed E-state index contributed by atoms with van der Waals surface area (Å²) in [6.07, 6.45) is 3.73. The van der Waals surface area contributed by atoms with Gasteiger partial charge in [0.25, 0.3) is 0 Å². The van der Waals surface area contributed by atoms with Crippen molar-refractivity contribution in [3.63, 3.8) is 0 Å². The van der Waals surface area contributed by atoms with Crippen LogP contribution in [-0.2, 0) is 6.54 Å². The molecule has 1 heterocycles. The number of nitrogens with zero attached hydrogens (tertiary/aromatic N) is 3. The predicted octanol–water partition coefficient (Wildman–Crippen LogP) is 2.03. The third kappa shape index (κ3) is 3.80. The molecule has 0 aliphatic carbocycles. The Labute approximate surface area is 125 Å². The Balaban J connectivity index is 2.26. The Bertz CT molecular complexity index is 555. The van der Waals surface area contributed by atoms with Gasteiger partial charge >= 0.3 is 0 Å². The van der Waals surface area contributed by atoms with E-state index in [1.54, 1.807) is 6.20 Å². The van der Waals surface area contributed by atoms with Gasteiger partial charge in [-0.2, -0.15) is 0 Å². The fourth-order valence-corrected chi connectivity index (χ4v) is 2.23. The molecule has 6 nitrogen and oxygen atoms in total. The minimum Gasteiger partial charge on any atom is -0.494 e. The van der Waals surface area contributed by atoms with E-state index in [-0.39, 0.29) is 6.04 Å². The van der Waals surface area contributed by atoms with Gasteiger partial charge in [-0.25, -0.2) is 10.1 Å². The Morgan fingerprint density at radius 2 is 2.19 bits per heavy atom. The number of nitrogens with one attached hydrogen (secondary N) is 1. The van der Waals surface area contributed by atoms with Crippen molar-refractivity contribution in [3.05, 3.63) is 41.7 Å². The maximum absolute atomic E-state index is 5.75. The second-order valence-electron chi connectivity index (χ2n) is 4.90. The number of benzene rings is 1. The molecule has 1 aromatic carbocycles. The molecule has 0 saturated heterocycles. The summed E-state index contributed by atoms with van der Waals surface area (Å²) in [6, 6.07) is 7.79. The number of hydrogen-bond donors (Lipinski definition) is 2. The topological polar surface area (TPSA) is 78.0 Å². The average molecular weight is 289 g/mol. The van der Waals surface area contributed by atoms with Gasteiger partial charge in [-0.05, 0) is 30.5 Å². The van der Waals surface area contributed by atoms with E-state index < -0.39 is 0 Å². The summed E-state index contributed by atoms with van der Waals surface area (Å²) in [5.74, 6) is 6.60. The average Bonchev–Trinajstić information content (AvgIpc) is 2.95. The van der Waals surface area contributed by atoms with Gasteiger partial charge in [0, 0.05) is 6.54 Å². The second kappa shape index (κ2) is 7.75. The highest BCUT2D eigenvalue weighted by atomic mass is 16.5. The van der Waals surface area contributed by atoms with Crippen molar-refractivity contribution in [2.24, 2.45) is 5.84 Å². The first-order chi connectivity index (χ1) is 10.3. The van der Waals surface area contributed by atoms with Gasteiger partial charge in [-0.3, -0.25) is 5.84 Å². The molecule has 21 heavy (non-hydrogen) atoms. The van der Waals surface area contributed by atoms with E-state index in [2.05, 4.69) is 29.6 Å². The van der Waals surface area contributed by atoms with Crippen molar-refractivity contribution in [3.8, 4) is 5.75 Å². The van der Waals surface area contributed by atoms with E-state index >= 15 is 0 Å². The van der Waals surface area contributed by atoms with Crippen LogP contribution in [0.4, 0.5) is 0 Å². The van der Waals surface area contributed by atoms with Crippen molar-refractivity contribution < 1.29 is 4.74 Å². The van der Waals surface area contributed by atoms with E-state index in [1.165, 1.54) is 0 Å². The lowest BCUT2D eigenvalue weighted by molar-refractivity contribution is 0.317. The molecule has 0 spiro atoms. The van der Waals surface area contributed by atoms with Gasteiger partial charge in [0.05, 0.1) is 24.5 Å². The lowest BCUT2D eigenvalue weighted by atomic mass is 10.0. The third-order valence-electron chi connectivity index (χ3n) is 3.21. The molecule has 0 aliphatic heterocycles. The highest BCUT2D eigenvalue weighted by Gasteiger charge is 2.18. The maximum atomic E-state index is 5.75. The van der Waals surface area contributed by atoms with Crippen molar-refractivity contribution in [1.29, 1.82) is 0 Å². The summed E-state index contributed by atoms with van der Waals surface area (Å²) in [7, 11) is 0. The minimum absolute atomic E-state index is 0.156. The van der Waals surface area contributed by atoms with Crippen LogP contribution in [0, 0.1) is 0 Å². The van der Waals surface area contributed by atoms with Gasteiger partial charge in [-0.15, -0.1) is 5.10 Å². The summed E-state index contributed by atoms with van der Waals surface area (Å²) >= 11 is 0. The molecule has 1 unspecified atom stereocenters. The summed E-state index contributed by atoms with van der Waals surface area (Å²) in [5.41, 5.74) is 4.83. The van der Waals surface area contributed by atoms with Gasteiger partial charge in [0.1, 0.15) is 5.75 Å². The molecule has 114 valence electrons. The van der Waals surface area contributed by atoms with Crippen molar-refractivity contribution >= 4 is 0 Å². The quantitative estimate of drug-likeness (QED) is 0.574. The van der Waals surface area contributed by atoms with E-state index in [1.807, 2.05) is 28.9 Å². The summed E-state index contributed by atoms with van der Waals surface area (Å²) in [4.78, 5) is 0. The Morgan fingerprint density at radius 1 is 1.33 bits per heavy atom. The first-order valence-electron chi connectivity index (χ1n) is 7.37. The van der Waals surface area contributed by atoms with Gasteiger partial charge < -0.3 is 4.74 Å². The fourth-order valence-electron chi connectivity index (χ4n) is 2.23. The van der Waals surface area contributed by atoms with Crippen molar-refractivity contribution in [2.45, 2.75) is 39.3 Å². The standard InChI is InChI=1S/C15H23N5O/c1-3-8-20-14(11-17-19-20)15(18-16)12-6-5-7-13(10-12)21-9-4-2/h5-7,10-11,15,18H,3-4,8-9,16H2,1-2H3. The number of aromatic nitrogens is 3. The zero-order valence-corrected chi connectivity index (χ0v) is 12.6. The summed E-state index contributed by atoms with van der Waals surface area (Å²) in [5, 5.41) is 8.11. The van der Waals surface area contributed by atoms with E-state index in [0.717, 1.165) is 36.4 Å². The molecular weight excluding hydrogens is 266 g/mol. The first-order valence-corrected chi connectivity index (χ1v) is 7.37. The fraction of sp³-hybridized carbons (Fsp3) is 0.467. The zero-order valence-electron chi connectivity index (χ0n) is 12.6. The first kappa shape index (κ1) is 15.5.